The smallest absolute Gasteiger partial charge is 0.262 e. The highest BCUT2D eigenvalue weighted by Crippen LogP contribution is 2.37. The molecule has 0 bridgehead atoms. The lowest BCUT2D eigenvalue weighted by Gasteiger charge is -2.05. The topological polar surface area (TPSA) is 98.5 Å². The van der Waals surface area contributed by atoms with Gasteiger partial charge < -0.3 is 10.1 Å². The number of nitrogens with one attached hydrogen (secondary N) is 1. The Morgan fingerprint density at radius 1 is 1.22 bits per heavy atom. The third kappa shape index (κ3) is 4.41. The maximum absolute atomic E-state index is 12.5. The lowest BCUT2D eigenvalue weighted by atomic mass is 10.1. The molecular weight excluding hydrogens is 408 g/mol. The van der Waals surface area contributed by atoms with E-state index in [1.54, 1.807) is 25.3 Å². The van der Waals surface area contributed by atoms with E-state index in [0.717, 1.165) is 15.6 Å². The Balaban J connectivity index is 1.66. The number of hydrogen-bond donors (Lipinski definition) is 2. The molecular formula is C18H17ClN2O4S2. The van der Waals surface area contributed by atoms with Gasteiger partial charge in [0.2, 0.25) is 10.0 Å². The van der Waals surface area contributed by atoms with Crippen molar-refractivity contribution in [1.82, 2.24) is 5.32 Å². The SMILES string of the molecule is COc1ccc2sc(C(=O)NCCc3ccc(S(N)(=O)=O)cc3)c(Cl)c2c1. The predicted molar refractivity (Wildman–Crippen MR) is 107 cm³/mol. The van der Waals surface area contributed by atoms with Gasteiger partial charge in [-0.15, -0.1) is 11.3 Å². The number of methoxy groups -OCH3 is 1. The van der Waals surface area contributed by atoms with Gasteiger partial charge in [0.1, 0.15) is 10.6 Å². The van der Waals surface area contributed by atoms with Crippen LogP contribution in [-0.4, -0.2) is 28.0 Å². The van der Waals surface area contributed by atoms with Crippen LogP contribution in [0.1, 0.15) is 15.2 Å². The van der Waals surface area contributed by atoms with Crippen molar-refractivity contribution in [2.24, 2.45) is 5.14 Å². The van der Waals surface area contributed by atoms with E-state index in [1.165, 1.54) is 23.5 Å². The van der Waals surface area contributed by atoms with Crippen LogP contribution in [0.2, 0.25) is 5.02 Å². The van der Waals surface area contributed by atoms with Gasteiger partial charge in [0.25, 0.3) is 5.91 Å². The molecule has 3 N–H and O–H groups in total. The number of carbonyl (C=O) groups excluding carboxylic acids is 1. The summed E-state index contributed by atoms with van der Waals surface area (Å²) in [5, 5.41) is 9.10. The van der Waals surface area contributed by atoms with Crippen molar-refractivity contribution in [1.29, 1.82) is 0 Å². The first-order chi connectivity index (χ1) is 12.8. The highest BCUT2D eigenvalue weighted by atomic mass is 35.5. The Kier molecular flexibility index (Phi) is 5.71. The van der Waals surface area contributed by atoms with Crippen LogP contribution in [0.25, 0.3) is 10.1 Å². The third-order valence-electron chi connectivity index (χ3n) is 3.99. The van der Waals surface area contributed by atoms with Gasteiger partial charge in [-0.3, -0.25) is 4.79 Å². The lowest BCUT2D eigenvalue weighted by Crippen LogP contribution is -2.25. The van der Waals surface area contributed by atoms with E-state index >= 15 is 0 Å². The first kappa shape index (κ1) is 19.6. The van der Waals surface area contributed by atoms with Crippen LogP contribution in [0.4, 0.5) is 0 Å². The Labute approximate surface area is 165 Å². The molecule has 0 radical (unpaired) electrons. The molecule has 142 valence electrons. The summed E-state index contributed by atoms with van der Waals surface area (Å²) in [5.41, 5.74) is 0.884. The highest BCUT2D eigenvalue weighted by molar-refractivity contribution is 7.89. The van der Waals surface area contributed by atoms with Gasteiger partial charge in [-0.05, 0) is 42.3 Å². The highest BCUT2D eigenvalue weighted by Gasteiger charge is 2.17. The molecule has 1 heterocycles. The molecule has 27 heavy (non-hydrogen) atoms. The number of carbonyl (C=O) groups is 1. The summed E-state index contributed by atoms with van der Waals surface area (Å²) < 4.78 is 28.6. The van der Waals surface area contributed by atoms with Crippen molar-refractivity contribution in [2.45, 2.75) is 11.3 Å². The van der Waals surface area contributed by atoms with Crippen LogP contribution in [0.5, 0.6) is 5.75 Å². The molecule has 1 amide bonds. The van der Waals surface area contributed by atoms with Crippen LogP contribution in [0.15, 0.2) is 47.4 Å². The number of hydrogen-bond acceptors (Lipinski definition) is 5. The van der Waals surface area contributed by atoms with Crippen molar-refractivity contribution >= 4 is 49.0 Å². The maximum Gasteiger partial charge on any atom is 0.262 e. The van der Waals surface area contributed by atoms with Gasteiger partial charge in [-0.25, -0.2) is 13.6 Å². The van der Waals surface area contributed by atoms with Crippen molar-refractivity contribution in [2.75, 3.05) is 13.7 Å². The van der Waals surface area contributed by atoms with Crippen LogP contribution in [0.3, 0.4) is 0 Å². The third-order valence-corrected chi connectivity index (χ3v) is 6.60. The number of primary sulfonamides is 1. The number of halogens is 1. The van der Waals surface area contributed by atoms with Crippen LogP contribution in [0, 0.1) is 0 Å². The molecule has 1 aromatic heterocycles. The molecule has 3 rings (SSSR count). The van der Waals surface area contributed by atoms with Gasteiger partial charge in [-0.1, -0.05) is 23.7 Å². The zero-order valence-corrected chi connectivity index (χ0v) is 16.7. The molecule has 0 fully saturated rings. The number of nitrogens with two attached hydrogens (primary N) is 1. The molecule has 6 nitrogen and oxygen atoms in total. The van der Waals surface area contributed by atoms with E-state index in [1.807, 2.05) is 12.1 Å². The van der Waals surface area contributed by atoms with Crippen LogP contribution >= 0.6 is 22.9 Å². The zero-order chi connectivity index (χ0) is 19.6. The van der Waals surface area contributed by atoms with Gasteiger partial charge in [0, 0.05) is 16.6 Å². The fraction of sp³-hybridized carbons (Fsp3) is 0.167. The number of amides is 1. The second-order valence-corrected chi connectivity index (χ2v) is 8.79. The molecule has 3 aromatic rings. The number of fused-ring (bicyclic) bond motifs is 1. The predicted octanol–water partition coefficient (Wildman–Crippen LogP) is 3.18. The second-order valence-electron chi connectivity index (χ2n) is 5.80. The molecule has 0 spiro atoms. The molecule has 0 aliphatic carbocycles. The summed E-state index contributed by atoms with van der Waals surface area (Å²) in [4.78, 5) is 13.0. The van der Waals surface area contributed by atoms with Gasteiger partial charge in [0.05, 0.1) is 17.0 Å². The minimum Gasteiger partial charge on any atom is -0.497 e. The second kappa shape index (κ2) is 7.85. The quantitative estimate of drug-likeness (QED) is 0.634. The summed E-state index contributed by atoms with van der Waals surface area (Å²) in [6.07, 6.45) is 0.549. The van der Waals surface area contributed by atoms with Crippen LogP contribution < -0.4 is 15.2 Å². The Morgan fingerprint density at radius 2 is 1.93 bits per heavy atom. The Bertz CT molecular complexity index is 1090. The van der Waals surface area contributed by atoms with Crippen LogP contribution in [-0.2, 0) is 16.4 Å². The monoisotopic (exact) mass is 424 g/mol. The molecule has 0 saturated heterocycles. The minimum absolute atomic E-state index is 0.0581. The molecule has 0 aliphatic heterocycles. The summed E-state index contributed by atoms with van der Waals surface area (Å²) in [5.74, 6) is 0.429. The first-order valence-electron chi connectivity index (χ1n) is 7.95. The van der Waals surface area contributed by atoms with E-state index < -0.39 is 10.0 Å². The zero-order valence-electron chi connectivity index (χ0n) is 14.4. The van der Waals surface area contributed by atoms with E-state index in [4.69, 9.17) is 21.5 Å². The summed E-state index contributed by atoms with van der Waals surface area (Å²) in [6, 6.07) is 11.7. The molecule has 0 aliphatic rings. The largest absolute Gasteiger partial charge is 0.497 e. The number of ether oxygens (including phenoxy) is 1. The normalized spacial score (nSPS) is 11.5. The number of thiophene rings is 1. The lowest BCUT2D eigenvalue weighted by molar-refractivity contribution is 0.0958. The van der Waals surface area contributed by atoms with Gasteiger partial charge in [0.15, 0.2) is 0 Å². The molecule has 0 saturated carbocycles. The number of rotatable bonds is 6. The first-order valence-corrected chi connectivity index (χ1v) is 10.7. The average molecular weight is 425 g/mol. The van der Waals surface area contributed by atoms with Gasteiger partial charge in [-0.2, -0.15) is 0 Å². The van der Waals surface area contributed by atoms with E-state index in [0.29, 0.717) is 28.6 Å². The number of sulfonamides is 1. The van der Waals surface area contributed by atoms with Crippen molar-refractivity contribution in [3.8, 4) is 5.75 Å². The maximum atomic E-state index is 12.5. The molecule has 0 atom stereocenters. The Hall–Kier alpha value is -2.13. The fourth-order valence-corrected chi connectivity index (χ4v) is 4.49. The van der Waals surface area contributed by atoms with Crippen molar-refractivity contribution in [3.05, 3.63) is 57.9 Å². The summed E-state index contributed by atoms with van der Waals surface area (Å²) in [6.45, 7) is 0.390. The van der Waals surface area contributed by atoms with Crippen molar-refractivity contribution < 1.29 is 17.9 Å². The fourth-order valence-electron chi connectivity index (χ4n) is 2.57. The van der Waals surface area contributed by atoms with Gasteiger partial charge >= 0.3 is 0 Å². The average Bonchev–Trinajstić information content (AvgIpc) is 2.97. The summed E-state index contributed by atoms with van der Waals surface area (Å²) >= 11 is 7.68. The van der Waals surface area contributed by atoms with E-state index in [9.17, 15) is 13.2 Å². The standard InChI is InChI=1S/C18H17ClN2O4S2/c1-25-12-4-7-15-14(10-12)16(19)17(26-15)18(22)21-9-8-11-2-5-13(6-3-11)27(20,23)24/h2-7,10H,8-9H2,1H3,(H,21,22)(H2,20,23,24). The summed E-state index contributed by atoms with van der Waals surface area (Å²) in [7, 11) is -2.13. The van der Waals surface area contributed by atoms with E-state index in [2.05, 4.69) is 5.32 Å². The van der Waals surface area contributed by atoms with E-state index in [-0.39, 0.29) is 10.8 Å². The Morgan fingerprint density at radius 3 is 2.56 bits per heavy atom. The minimum atomic E-state index is -3.70. The number of benzene rings is 2. The van der Waals surface area contributed by atoms with Crippen molar-refractivity contribution in [3.63, 3.8) is 0 Å². The molecule has 0 unspecified atom stereocenters. The molecule has 2 aromatic carbocycles. The molecule has 9 heteroatoms.